The first kappa shape index (κ1) is 45.4. The van der Waals surface area contributed by atoms with Crippen LogP contribution in [-0.4, -0.2) is 149 Å². The molecule has 314 valence electrons. The van der Waals surface area contributed by atoms with Crippen molar-refractivity contribution in [3.8, 4) is 0 Å². The summed E-state index contributed by atoms with van der Waals surface area (Å²) in [6.07, 6.45) is -4.64. The lowest BCUT2D eigenvalue weighted by molar-refractivity contribution is -0.0511. The SMILES string of the molecule is Nc1nc2c(ncn2[C@@H]2O[C@H](CO)[C@@H](O)[C@H]2O)c(=O)[nH]1.Nc1ncnc2c1ncn2[C@@H]1O[C@H](CO)[C@@H](O)[C@H]1O.O=P(O)(O)OP(=O)(O)OP(=O)(O)OP(=O)(O)O. The number of anilines is 2. The second-order valence-electron chi connectivity index (χ2n) is 11.0. The molecule has 2 unspecified atom stereocenters. The molecule has 0 aliphatic carbocycles. The summed E-state index contributed by atoms with van der Waals surface area (Å²) in [6, 6.07) is 0. The number of nitrogen functional groups attached to an aromatic ring is 2. The van der Waals surface area contributed by atoms with Crippen molar-refractivity contribution in [1.82, 2.24) is 39.0 Å². The number of imidazole rings is 2. The first-order valence-electron chi connectivity index (χ1n) is 14.6. The van der Waals surface area contributed by atoms with Gasteiger partial charge >= 0.3 is 31.3 Å². The molecule has 0 bridgehead atoms. The molecule has 2 aliphatic heterocycles. The molecule has 32 nitrogen and oxygen atoms in total. The molecule has 6 heterocycles. The zero-order valence-corrected chi connectivity index (χ0v) is 30.9. The third-order valence-electron chi connectivity index (χ3n) is 7.05. The summed E-state index contributed by atoms with van der Waals surface area (Å²) in [6.45, 7) is -0.837. The molecule has 17 N–H and O–H groups in total. The van der Waals surface area contributed by atoms with Gasteiger partial charge in [-0.25, -0.2) is 38.2 Å². The van der Waals surface area contributed by atoms with Crippen molar-refractivity contribution in [3.05, 3.63) is 29.3 Å². The minimum atomic E-state index is -5.77. The van der Waals surface area contributed by atoms with Crippen LogP contribution >= 0.6 is 31.3 Å². The zero-order valence-electron chi connectivity index (χ0n) is 27.3. The Morgan fingerprint density at radius 1 is 0.679 bits per heavy atom. The van der Waals surface area contributed by atoms with E-state index >= 15 is 0 Å². The highest BCUT2D eigenvalue weighted by atomic mass is 31.3. The normalized spacial score (nSPS) is 27.6. The summed E-state index contributed by atoms with van der Waals surface area (Å²) in [7, 11) is -22.6. The lowest BCUT2D eigenvalue weighted by Crippen LogP contribution is -2.33. The molecule has 36 heteroatoms. The van der Waals surface area contributed by atoms with E-state index < -0.39 is 99.1 Å². The Labute approximate surface area is 308 Å². The Morgan fingerprint density at radius 3 is 1.55 bits per heavy atom. The van der Waals surface area contributed by atoms with Crippen LogP contribution in [0.15, 0.2) is 23.8 Å². The topological polar surface area (TPSA) is 516 Å². The fraction of sp³-hybridized carbons (Fsp3) is 0.500. The molecule has 10 atom stereocenters. The van der Waals surface area contributed by atoms with Crippen molar-refractivity contribution in [1.29, 1.82) is 0 Å². The average Bonchev–Trinajstić information content (AvgIpc) is 3.80. The van der Waals surface area contributed by atoms with E-state index in [2.05, 4.69) is 42.8 Å². The third kappa shape index (κ3) is 11.0. The van der Waals surface area contributed by atoms with Crippen LogP contribution in [0.3, 0.4) is 0 Å². The number of aliphatic hydroxyl groups is 6. The lowest BCUT2D eigenvalue weighted by atomic mass is 10.1. The molecule has 0 aromatic carbocycles. The van der Waals surface area contributed by atoms with Gasteiger partial charge in [-0.1, -0.05) is 0 Å². The molecule has 0 spiro atoms. The van der Waals surface area contributed by atoms with E-state index in [0.717, 1.165) is 0 Å². The Balaban J connectivity index is 0.000000187. The Bertz CT molecular complexity index is 2220. The van der Waals surface area contributed by atoms with E-state index in [1.807, 2.05) is 0 Å². The van der Waals surface area contributed by atoms with Crippen LogP contribution in [0, 0.1) is 0 Å². The highest BCUT2D eigenvalue weighted by molar-refractivity contribution is 7.69. The Kier molecular flexibility index (Phi) is 14.0. The van der Waals surface area contributed by atoms with Gasteiger partial charge in [-0.2, -0.15) is 17.9 Å². The number of hydrogen-bond acceptors (Lipinski definition) is 23. The van der Waals surface area contributed by atoms with Crippen molar-refractivity contribution < 1.29 is 101 Å². The summed E-state index contributed by atoms with van der Waals surface area (Å²) >= 11 is 0. The number of hydrogen-bond donors (Lipinski definition) is 15. The Hall–Kier alpha value is -3.26. The summed E-state index contributed by atoms with van der Waals surface area (Å²) in [4.78, 5) is 83.1. The fourth-order valence-corrected chi connectivity index (χ4v) is 8.80. The van der Waals surface area contributed by atoms with E-state index in [-0.39, 0.29) is 22.9 Å². The number of aliphatic hydroxyl groups excluding tert-OH is 6. The van der Waals surface area contributed by atoms with Crippen LogP contribution in [0.1, 0.15) is 12.5 Å². The van der Waals surface area contributed by atoms with Crippen molar-refractivity contribution in [2.24, 2.45) is 0 Å². The summed E-state index contributed by atoms with van der Waals surface area (Å²) in [5.74, 6) is 0.117. The van der Waals surface area contributed by atoms with E-state index in [4.69, 9.17) is 60.5 Å². The second kappa shape index (κ2) is 17.3. The second-order valence-corrected chi connectivity index (χ2v) is 16.8. The standard InChI is InChI=1S/C10H13N5O5.C10H13N5O4.H6O13P4/c11-10-13-7-4(8(19)14-10)12-2-15(7)9-6(18)5(17)3(1-16)20-9;11-8-5-9(13-2-12-8)15(3-14-5)10-7(18)6(17)4(1-16)19-10;1-14(2,3)11-16(7,8)13-17(9,10)12-15(4,5)6/h2-3,5-6,9,16-18H,1H2,(H3,11,13,14,19);2-4,6-7,10,16-18H,1H2,(H2,11,12,13);(H,7,8)(H,9,10)(H2,1,2,3)(H2,4,5,6)/t3-,5-,6-,9-;4-,6-,7-,10-;/m11./s1. The van der Waals surface area contributed by atoms with Gasteiger partial charge in [0.15, 0.2) is 35.1 Å². The molecule has 2 saturated heterocycles. The van der Waals surface area contributed by atoms with Crippen molar-refractivity contribution in [3.63, 3.8) is 0 Å². The number of nitrogens with zero attached hydrogens (tertiary/aromatic N) is 7. The molecular formula is C20H32N10O22P4. The van der Waals surface area contributed by atoms with E-state index in [1.54, 1.807) is 0 Å². The van der Waals surface area contributed by atoms with Gasteiger partial charge in [-0.3, -0.25) is 18.9 Å². The number of fused-ring (bicyclic) bond motifs is 2. The third-order valence-corrected chi connectivity index (χ3v) is 12.0. The van der Waals surface area contributed by atoms with Crippen molar-refractivity contribution in [2.45, 2.75) is 49.1 Å². The number of rotatable bonds is 10. The first-order chi connectivity index (χ1) is 25.8. The van der Waals surface area contributed by atoms with Gasteiger partial charge in [0.25, 0.3) is 5.56 Å². The van der Waals surface area contributed by atoms with Gasteiger partial charge < -0.3 is 80.9 Å². The Morgan fingerprint density at radius 2 is 1.12 bits per heavy atom. The van der Waals surface area contributed by atoms with Crippen molar-refractivity contribution in [2.75, 3.05) is 24.7 Å². The van der Waals surface area contributed by atoms with Gasteiger partial charge in [0.1, 0.15) is 48.5 Å². The highest BCUT2D eigenvalue weighted by Crippen LogP contribution is 2.69. The van der Waals surface area contributed by atoms with E-state index in [0.29, 0.717) is 11.2 Å². The number of nitrogens with one attached hydrogen (secondary N) is 1. The predicted octanol–water partition coefficient (Wildman–Crippen LogP) is -5.24. The highest BCUT2D eigenvalue weighted by Gasteiger charge is 2.46. The maximum absolute atomic E-state index is 11.7. The van der Waals surface area contributed by atoms with Gasteiger partial charge in [0, 0.05) is 0 Å². The number of nitrogens with two attached hydrogens (primary N) is 2. The first-order valence-corrected chi connectivity index (χ1v) is 20.6. The van der Waals surface area contributed by atoms with Crippen LogP contribution < -0.4 is 17.0 Å². The van der Waals surface area contributed by atoms with Gasteiger partial charge in [0.2, 0.25) is 5.95 Å². The largest absolute Gasteiger partial charge is 0.490 e. The van der Waals surface area contributed by atoms with Crippen molar-refractivity contribution >= 4 is 65.4 Å². The van der Waals surface area contributed by atoms with Crippen LogP contribution in [0.5, 0.6) is 0 Å². The summed E-state index contributed by atoms with van der Waals surface area (Å²) in [5, 5.41) is 57.5. The minimum Gasteiger partial charge on any atom is -0.394 e. The van der Waals surface area contributed by atoms with Gasteiger partial charge in [-0.05, 0) is 0 Å². The lowest BCUT2D eigenvalue weighted by Gasteiger charge is -2.16. The average molecular weight is 888 g/mol. The molecule has 0 saturated carbocycles. The number of H-pyrrole nitrogens is 1. The quantitative estimate of drug-likeness (QED) is 0.0662. The maximum atomic E-state index is 11.7. The van der Waals surface area contributed by atoms with Gasteiger partial charge in [-0.15, -0.1) is 0 Å². The summed E-state index contributed by atoms with van der Waals surface area (Å²) < 4.78 is 64.4. The minimum absolute atomic E-state index is 0.0388. The molecule has 4 aromatic rings. The predicted molar refractivity (Wildman–Crippen MR) is 175 cm³/mol. The summed E-state index contributed by atoms with van der Waals surface area (Å²) in [5.41, 5.74) is 11.6. The van der Waals surface area contributed by atoms with Crippen LogP contribution in [0.25, 0.3) is 22.3 Å². The smallest absolute Gasteiger partial charge is 0.394 e. The number of aromatic amines is 1. The molecule has 4 aromatic heterocycles. The molecule has 0 amide bonds. The monoisotopic (exact) mass is 888 g/mol. The van der Waals surface area contributed by atoms with E-state index in [1.165, 1.54) is 28.1 Å². The molecule has 2 fully saturated rings. The van der Waals surface area contributed by atoms with Crippen LogP contribution in [0.2, 0.25) is 0 Å². The van der Waals surface area contributed by atoms with Gasteiger partial charge in [0.05, 0.1) is 25.9 Å². The number of phosphoric acid groups is 4. The molecule has 56 heavy (non-hydrogen) atoms. The molecular weight excluding hydrogens is 856 g/mol. The van der Waals surface area contributed by atoms with E-state index in [9.17, 15) is 43.5 Å². The maximum Gasteiger partial charge on any atom is 0.490 e. The van der Waals surface area contributed by atoms with Crippen LogP contribution in [0.4, 0.5) is 11.8 Å². The number of aromatic nitrogens is 8. The van der Waals surface area contributed by atoms with Crippen LogP contribution in [-0.2, 0) is 40.7 Å². The molecule has 2 aliphatic rings. The molecule has 0 radical (unpaired) electrons. The molecule has 6 rings (SSSR count). The fourth-order valence-electron chi connectivity index (χ4n) is 4.83. The zero-order chi connectivity index (χ0) is 42.1. The number of ether oxygens (including phenoxy) is 2.